The van der Waals surface area contributed by atoms with Gasteiger partial charge in [0.05, 0.1) is 30.9 Å². The number of nitrogens with zero attached hydrogens (tertiary/aromatic N) is 1. The highest BCUT2D eigenvalue weighted by Gasteiger charge is 2.56. The lowest BCUT2D eigenvalue weighted by atomic mass is 9.83. The number of fused-ring (bicyclic) bond motifs is 3. The third-order valence-electron chi connectivity index (χ3n) is 8.09. The van der Waals surface area contributed by atoms with Crippen molar-refractivity contribution in [2.45, 2.75) is 16.2 Å². The molecule has 3 heterocycles. The summed E-state index contributed by atoms with van der Waals surface area (Å²) in [5, 5.41) is 4.77. The second-order valence-electron chi connectivity index (χ2n) is 10.8. The van der Waals surface area contributed by atoms with Crippen LogP contribution in [0.3, 0.4) is 0 Å². The summed E-state index contributed by atoms with van der Waals surface area (Å²) in [5.74, 6) is -1.12. The minimum Gasteiger partial charge on any atom is -0.497 e. The van der Waals surface area contributed by atoms with Gasteiger partial charge in [-0.25, -0.2) is 4.90 Å². The lowest BCUT2D eigenvalue weighted by Gasteiger charge is -2.30. The van der Waals surface area contributed by atoms with Crippen LogP contribution >= 0.6 is 23.1 Å². The van der Waals surface area contributed by atoms with Crippen molar-refractivity contribution in [3.05, 3.63) is 105 Å². The normalized spacial score (nSPS) is 18.7. The number of carbonyl (C=O) groups is 3. The zero-order valence-corrected chi connectivity index (χ0v) is 26.3. The van der Waals surface area contributed by atoms with Crippen molar-refractivity contribution in [3.63, 3.8) is 0 Å². The third-order valence-corrected chi connectivity index (χ3v) is 10.5. The van der Waals surface area contributed by atoms with Crippen LogP contribution in [0.25, 0.3) is 10.8 Å². The minimum atomic E-state index is -0.761. The molecule has 0 spiro atoms. The molecule has 0 radical (unpaired) electrons. The summed E-state index contributed by atoms with van der Waals surface area (Å²) in [6, 6.07) is 25.5. The second-order valence-corrected chi connectivity index (χ2v) is 12.9. The Morgan fingerprint density at radius 1 is 0.870 bits per heavy atom. The van der Waals surface area contributed by atoms with Crippen LogP contribution in [0.1, 0.15) is 16.4 Å². The molecule has 4 aromatic carbocycles. The van der Waals surface area contributed by atoms with E-state index in [9.17, 15) is 19.2 Å². The van der Waals surface area contributed by atoms with Gasteiger partial charge in [-0.3, -0.25) is 19.2 Å². The summed E-state index contributed by atoms with van der Waals surface area (Å²) in [6.45, 7) is -0.263. The summed E-state index contributed by atoms with van der Waals surface area (Å²) < 4.78 is 16.7. The van der Waals surface area contributed by atoms with Crippen LogP contribution in [-0.4, -0.2) is 48.8 Å². The van der Waals surface area contributed by atoms with Crippen LogP contribution < -0.4 is 29.3 Å². The number of rotatable bonds is 8. The van der Waals surface area contributed by atoms with Crippen molar-refractivity contribution in [1.82, 2.24) is 4.98 Å². The largest absolute Gasteiger partial charge is 0.497 e. The Morgan fingerprint density at radius 3 is 2.41 bits per heavy atom. The van der Waals surface area contributed by atoms with Crippen LogP contribution in [-0.2, 0) is 14.4 Å². The maximum atomic E-state index is 14.0. The van der Waals surface area contributed by atoms with Gasteiger partial charge in [0.1, 0.15) is 11.0 Å². The van der Waals surface area contributed by atoms with Crippen molar-refractivity contribution in [1.29, 1.82) is 0 Å². The van der Waals surface area contributed by atoms with E-state index >= 15 is 0 Å². The number of thiazole rings is 1. The molecule has 2 aliphatic rings. The number of thioether (sulfide) groups is 1. The molecular weight excluding hydrogens is 627 g/mol. The molecular formula is C34H27N3O7S2. The number of amides is 3. The Kier molecular flexibility index (Phi) is 7.75. The Labute approximate surface area is 271 Å². The number of aromatic nitrogens is 1. The molecule has 0 saturated carbocycles. The van der Waals surface area contributed by atoms with Gasteiger partial charge in [-0.1, -0.05) is 59.5 Å². The van der Waals surface area contributed by atoms with Crippen LogP contribution in [0.5, 0.6) is 17.2 Å². The smallest absolute Gasteiger partial charge is 0.305 e. The number of hydrogen-bond acceptors (Lipinski definition) is 9. The lowest BCUT2D eigenvalue weighted by molar-refractivity contribution is -0.122. The highest BCUT2D eigenvalue weighted by Crippen LogP contribution is 2.53. The standard InChI is InChI=1S/C34H27N3O7S2/c1-42-23-12-10-22(11-13-23)37-32(39)28-27(29-31(36-34(41)46-29)45-30(28)33(37)40)20-8-14-24(25(16-20)43-2)44-17-26(38)35-21-9-7-18-5-3-4-6-19(18)15-21/h3-16,27-28,30H,17H2,1-2H3,(H,35,38)(H,36,41)/t27-,28-,30+/m0/s1. The van der Waals surface area contributed by atoms with Gasteiger partial charge in [-0.05, 0) is 64.9 Å². The molecule has 3 amide bonds. The van der Waals surface area contributed by atoms with Crippen molar-refractivity contribution in [2.75, 3.05) is 31.0 Å². The number of ether oxygens (including phenoxy) is 3. The molecule has 0 unspecified atom stereocenters. The number of anilines is 2. The summed E-state index contributed by atoms with van der Waals surface area (Å²) >= 11 is 2.23. The quantitative estimate of drug-likeness (QED) is 0.213. The highest BCUT2D eigenvalue weighted by atomic mass is 32.2. The minimum absolute atomic E-state index is 0.263. The molecule has 7 rings (SSSR count). The monoisotopic (exact) mass is 653 g/mol. The van der Waals surface area contributed by atoms with E-state index in [0.717, 1.165) is 22.1 Å². The van der Waals surface area contributed by atoms with Gasteiger partial charge >= 0.3 is 4.87 Å². The average Bonchev–Trinajstić information content (AvgIpc) is 3.57. The molecule has 232 valence electrons. The topological polar surface area (TPSA) is 127 Å². The number of nitrogens with one attached hydrogen (secondary N) is 2. The second kappa shape index (κ2) is 12.0. The number of methoxy groups -OCH3 is 2. The first-order chi connectivity index (χ1) is 22.3. The molecule has 1 aromatic heterocycles. The van der Waals surface area contributed by atoms with Crippen LogP contribution in [0.15, 0.2) is 94.7 Å². The fraction of sp³-hybridized carbons (Fsp3) is 0.176. The van der Waals surface area contributed by atoms with Crippen LogP contribution in [0.4, 0.5) is 11.4 Å². The number of imide groups is 1. The Bertz CT molecular complexity index is 2060. The zero-order chi connectivity index (χ0) is 31.9. The zero-order valence-electron chi connectivity index (χ0n) is 24.6. The van der Waals surface area contributed by atoms with Gasteiger partial charge < -0.3 is 24.5 Å². The van der Waals surface area contributed by atoms with E-state index in [1.54, 1.807) is 49.6 Å². The first kappa shape index (κ1) is 29.6. The molecule has 1 saturated heterocycles. The van der Waals surface area contributed by atoms with E-state index in [-0.39, 0.29) is 29.2 Å². The van der Waals surface area contributed by atoms with Crippen LogP contribution in [0, 0.1) is 5.92 Å². The van der Waals surface area contributed by atoms with Gasteiger partial charge in [-0.15, -0.1) is 0 Å². The molecule has 2 aliphatic heterocycles. The summed E-state index contributed by atoms with van der Waals surface area (Å²) in [5.41, 5.74) is 1.78. The molecule has 10 nitrogen and oxygen atoms in total. The molecule has 0 bridgehead atoms. The number of aromatic amines is 1. The first-order valence-corrected chi connectivity index (χ1v) is 16.0. The number of benzene rings is 4. The van der Waals surface area contributed by atoms with E-state index in [2.05, 4.69) is 10.3 Å². The van der Waals surface area contributed by atoms with Crippen molar-refractivity contribution in [3.8, 4) is 17.2 Å². The Balaban J connectivity index is 1.15. The lowest BCUT2D eigenvalue weighted by Crippen LogP contribution is -2.32. The van der Waals surface area contributed by atoms with E-state index in [1.807, 2.05) is 42.5 Å². The highest BCUT2D eigenvalue weighted by molar-refractivity contribution is 8.00. The van der Waals surface area contributed by atoms with Gasteiger partial charge in [0, 0.05) is 16.5 Å². The summed E-state index contributed by atoms with van der Waals surface area (Å²) in [7, 11) is 3.03. The van der Waals surface area contributed by atoms with Crippen molar-refractivity contribution in [2.24, 2.45) is 5.92 Å². The summed E-state index contributed by atoms with van der Waals surface area (Å²) in [4.78, 5) is 57.4. The maximum absolute atomic E-state index is 14.0. The fourth-order valence-electron chi connectivity index (χ4n) is 5.97. The molecule has 2 N–H and O–H groups in total. The van der Waals surface area contributed by atoms with Gasteiger partial charge in [0.2, 0.25) is 11.8 Å². The molecule has 3 atom stereocenters. The Morgan fingerprint density at radius 2 is 1.65 bits per heavy atom. The SMILES string of the molecule is COc1ccc(N2C(=O)[C@H]3[C@H](c4ccc(OCC(=O)Nc5ccc6ccccc6c5)c(OC)c4)c4sc(=O)[nH]c4S[C@H]3C2=O)cc1. The summed E-state index contributed by atoms with van der Waals surface area (Å²) in [6.07, 6.45) is 0. The van der Waals surface area contributed by atoms with Crippen LogP contribution in [0.2, 0.25) is 0 Å². The molecule has 12 heteroatoms. The third kappa shape index (κ3) is 5.29. The first-order valence-electron chi connectivity index (χ1n) is 14.4. The maximum Gasteiger partial charge on any atom is 0.305 e. The van der Waals surface area contributed by atoms with E-state index in [4.69, 9.17) is 14.2 Å². The molecule has 1 fully saturated rings. The van der Waals surface area contributed by atoms with E-state index in [0.29, 0.717) is 44.1 Å². The average molecular weight is 654 g/mol. The fourth-order valence-corrected chi connectivity index (χ4v) is 8.48. The molecule has 5 aromatic rings. The van der Waals surface area contributed by atoms with E-state index in [1.165, 1.54) is 23.8 Å². The molecule has 0 aliphatic carbocycles. The Hall–Kier alpha value is -5.07. The van der Waals surface area contributed by atoms with E-state index < -0.39 is 17.1 Å². The van der Waals surface area contributed by atoms with Crippen molar-refractivity contribution < 1.29 is 28.6 Å². The number of carbonyl (C=O) groups excluding carboxylic acids is 3. The van der Waals surface area contributed by atoms with Crippen molar-refractivity contribution >= 4 is 63.0 Å². The predicted octanol–water partition coefficient (Wildman–Crippen LogP) is 5.42. The predicted molar refractivity (Wildman–Crippen MR) is 176 cm³/mol. The van der Waals surface area contributed by atoms with Gasteiger partial charge in [-0.2, -0.15) is 0 Å². The van der Waals surface area contributed by atoms with Gasteiger partial charge in [0.25, 0.3) is 5.91 Å². The number of H-pyrrole nitrogens is 1. The molecule has 46 heavy (non-hydrogen) atoms. The van der Waals surface area contributed by atoms with Gasteiger partial charge in [0.15, 0.2) is 18.1 Å². The number of hydrogen-bond donors (Lipinski definition) is 2.